The van der Waals surface area contributed by atoms with Gasteiger partial charge in [0.05, 0.1) is 13.2 Å². The van der Waals surface area contributed by atoms with Crippen molar-refractivity contribution >= 4 is 11.8 Å². The molecule has 0 aromatic heterocycles. The Labute approximate surface area is 117 Å². The lowest BCUT2D eigenvalue weighted by atomic mass is 9.94. The summed E-state index contributed by atoms with van der Waals surface area (Å²) in [6, 6.07) is 7.30. The predicted octanol–water partition coefficient (Wildman–Crippen LogP) is -0.192. The standard InChI is InChI=1S/C14H18N2O4/c1-20-11-5-3-2-4-9(11)8-16-14(19)12-10(17)6-7-15-13(12)18/h2-5,10,12,17H,6-8H2,1H3,(H,15,18)(H,16,19). The summed E-state index contributed by atoms with van der Waals surface area (Å²) in [5, 5.41) is 15.0. The molecule has 1 aliphatic heterocycles. The van der Waals surface area contributed by atoms with Crippen molar-refractivity contribution in [2.75, 3.05) is 13.7 Å². The molecule has 6 nitrogen and oxygen atoms in total. The normalized spacial score (nSPS) is 22.0. The predicted molar refractivity (Wildman–Crippen MR) is 72.0 cm³/mol. The van der Waals surface area contributed by atoms with Crippen molar-refractivity contribution in [2.24, 2.45) is 5.92 Å². The number of amides is 2. The molecule has 1 saturated heterocycles. The zero-order valence-electron chi connectivity index (χ0n) is 11.3. The van der Waals surface area contributed by atoms with Gasteiger partial charge >= 0.3 is 0 Å². The van der Waals surface area contributed by atoms with E-state index < -0.39 is 23.8 Å². The van der Waals surface area contributed by atoms with E-state index in [0.717, 1.165) is 5.56 Å². The number of aliphatic hydroxyl groups is 1. The topological polar surface area (TPSA) is 87.7 Å². The van der Waals surface area contributed by atoms with Gasteiger partial charge in [-0.2, -0.15) is 0 Å². The molecular formula is C14H18N2O4. The largest absolute Gasteiger partial charge is 0.496 e. The Morgan fingerprint density at radius 1 is 1.50 bits per heavy atom. The van der Waals surface area contributed by atoms with Crippen molar-refractivity contribution in [3.63, 3.8) is 0 Å². The number of aliphatic hydroxyl groups excluding tert-OH is 1. The summed E-state index contributed by atoms with van der Waals surface area (Å²) in [6.45, 7) is 0.648. The fraction of sp³-hybridized carbons (Fsp3) is 0.429. The zero-order valence-corrected chi connectivity index (χ0v) is 11.3. The number of piperidine rings is 1. The number of methoxy groups -OCH3 is 1. The average molecular weight is 278 g/mol. The highest BCUT2D eigenvalue weighted by Crippen LogP contribution is 2.18. The second kappa shape index (κ2) is 6.38. The molecule has 3 N–H and O–H groups in total. The molecule has 6 heteroatoms. The molecule has 0 spiro atoms. The summed E-state index contributed by atoms with van der Waals surface area (Å²) in [5.74, 6) is -1.28. The lowest BCUT2D eigenvalue weighted by Gasteiger charge is -2.26. The molecule has 2 rings (SSSR count). The van der Waals surface area contributed by atoms with Crippen LogP contribution in [0.1, 0.15) is 12.0 Å². The number of ether oxygens (including phenoxy) is 1. The van der Waals surface area contributed by atoms with E-state index in [0.29, 0.717) is 18.7 Å². The van der Waals surface area contributed by atoms with E-state index in [2.05, 4.69) is 10.6 Å². The lowest BCUT2D eigenvalue weighted by molar-refractivity contribution is -0.142. The first-order chi connectivity index (χ1) is 9.63. The minimum Gasteiger partial charge on any atom is -0.496 e. The van der Waals surface area contributed by atoms with Gasteiger partial charge in [0.25, 0.3) is 0 Å². The van der Waals surface area contributed by atoms with Gasteiger partial charge < -0.3 is 20.5 Å². The van der Waals surface area contributed by atoms with E-state index in [1.165, 1.54) is 0 Å². The molecule has 108 valence electrons. The second-order valence-electron chi connectivity index (χ2n) is 4.65. The van der Waals surface area contributed by atoms with Crippen LogP contribution in [0.4, 0.5) is 0 Å². The monoisotopic (exact) mass is 278 g/mol. The van der Waals surface area contributed by atoms with E-state index in [-0.39, 0.29) is 6.54 Å². The summed E-state index contributed by atoms with van der Waals surface area (Å²) in [4.78, 5) is 23.6. The highest BCUT2D eigenvalue weighted by molar-refractivity contribution is 6.01. The number of hydrogen-bond donors (Lipinski definition) is 3. The smallest absolute Gasteiger partial charge is 0.235 e. The van der Waals surface area contributed by atoms with Gasteiger partial charge in [-0.3, -0.25) is 9.59 Å². The quantitative estimate of drug-likeness (QED) is 0.666. The molecule has 0 radical (unpaired) electrons. The van der Waals surface area contributed by atoms with Crippen molar-refractivity contribution < 1.29 is 19.4 Å². The Balaban J connectivity index is 1.99. The Bertz CT molecular complexity index is 504. The molecule has 1 heterocycles. The molecule has 2 amide bonds. The van der Waals surface area contributed by atoms with Crippen LogP contribution in [0.15, 0.2) is 24.3 Å². The van der Waals surface area contributed by atoms with Crippen molar-refractivity contribution in [3.8, 4) is 5.75 Å². The number of benzene rings is 1. The Morgan fingerprint density at radius 3 is 2.95 bits per heavy atom. The molecule has 1 aromatic carbocycles. The fourth-order valence-corrected chi connectivity index (χ4v) is 2.23. The van der Waals surface area contributed by atoms with Crippen LogP contribution in [-0.4, -0.2) is 36.7 Å². The van der Waals surface area contributed by atoms with Crippen LogP contribution < -0.4 is 15.4 Å². The fourth-order valence-electron chi connectivity index (χ4n) is 2.23. The van der Waals surface area contributed by atoms with Crippen LogP contribution in [0.25, 0.3) is 0 Å². The molecule has 0 bridgehead atoms. The first-order valence-corrected chi connectivity index (χ1v) is 6.49. The Kier molecular flexibility index (Phi) is 4.57. The van der Waals surface area contributed by atoms with E-state index >= 15 is 0 Å². The number of nitrogens with one attached hydrogen (secondary N) is 2. The number of carbonyl (C=O) groups is 2. The minimum atomic E-state index is -1.04. The first kappa shape index (κ1) is 14.3. The SMILES string of the molecule is COc1ccccc1CNC(=O)C1C(=O)NCCC1O. The maximum atomic E-state index is 12.0. The van der Waals surface area contributed by atoms with Crippen LogP contribution in [0, 0.1) is 5.92 Å². The van der Waals surface area contributed by atoms with Crippen LogP contribution in [0.5, 0.6) is 5.75 Å². The molecule has 1 aromatic rings. The summed E-state index contributed by atoms with van der Waals surface area (Å²) < 4.78 is 5.19. The maximum absolute atomic E-state index is 12.0. The van der Waals surface area contributed by atoms with Crippen molar-refractivity contribution in [1.29, 1.82) is 0 Å². The minimum absolute atomic E-state index is 0.249. The van der Waals surface area contributed by atoms with Gasteiger partial charge in [-0.05, 0) is 12.5 Å². The van der Waals surface area contributed by atoms with Crippen LogP contribution in [0.2, 0.25) is 0 Å². The molecule has 0 aliphatic carbocycles. The molecule has 2 atom stereocenters. The van der Waals surface area contributed by atoms with Gasteiger partial charge in [0.15, 0.2) is 0 Å². The van der Waals surface area contributed by atoms with Crippen molar-refractivity contribution in [2.45, 2.75) is 19.1 Å². The van der Waals surface area contributed by atoms with Crippen LogP contribution >= 0.6 is 0 Å². The van der Waals surface area contributed by atoms with Gasteiger partial charge in [-0.1, -0.05) is 18.2 Å². The number of carbonyl (C=O) groups excluding carboxylic acids is 2. The Hall–Kier alpha value is -2.08. The number of para-hydroxylation sites is 1. The summed E-state index contributed by atoms with van der Waals surface area (Å²) in [7, 11) is 1.55. The van der Waals surface area contributed by atoms with Crippen molar-refractivity contribution in [1.82, 2.24) is 10.6 Å². The summed E-state index contributed by atoms with van der Waals surface area (Å²) in [5.41, 5.74) is 0.814. The van der Waals surface area contributed by atoms with E-state index in [1.807, 2.05) is 18.2 Å². The molecule has 1 fully saturated rings. The van der Waals surface area contributed by atoms with E-state index in [9.17, 15) is 14.7 Å². The number of hydrogen-bond acceptors (Lipinski definition) is 4. The number of rotatable bonds is 4. The second-order valence-corrected chi connectivity index (χ2v) is 4.65. The molecule has 1 aliphatic rings. The summed E-state index contributed by atoms with van der Waals surface area (Å²) in [6.07, 6.45) is -0.542. The van der Waals surface area contributed by atoms with E-state index in [1.54, 1.807) is 13.2 Å². The van der Waals surface area contributed by atoms with Crippen LogP contribution in [-0.2, 0) is 16.1 Å². The van der Waals surface area contributed by atoms with Gasteiger partial charge in [-0.25, -0.2) is 0 Å². The third-order valence-corrected chi connectivity index (χ3v) is 3.33. The zero-order chi connectivity index (χ0) is 14.5. The maximum Gasteiger partial charge on any atom is 0.235 e. The third kappa shape index (κ3) is 3.08. The van der Waals surface area contributed by atoms with Gasteiger partial charge in [-0.15, -0.1) is 0 Å². The lowest BCUT2D eigenvalue weighted by Crippen LogP contribution is -2.51. The van der Waals surface area contributed by atoms with Crippen LogP contribution in [0.3, 0.4) is 0 Å². The van der Waals surface area contributed by atoms with Crippen molar-refractivity contribution in [3.05, 3.63) is 29.8 Å². The molecule has 20 heavy (non-hydrogen) atoms. The highest BCUT2D eigenvalue weighted by Gasteiger charge is 2.36. The summed E-state index contributed by atoms with van der Waals surface area (Å²) >= 11 is 0. The van der Waals surface area contributed by atoms with Gasteiger partial charge in [0, 0.05) is 18.7 Å². The van der Waals surface area contributed by atoms with E-state index in [4.69, 9.17) is 4.74 Å². The highest BCUT2D eigenvalue weighted by atomic mass is 16.5. The molecule has 2 unspecified atom stereocenters. The molecular weight excluding hydrogens is 260 g/mol. The van der Waals surface area contributed by atoms with Gasteiger partial charge in [0.1, 0.15) is 11.7 Å². The van der Waals surface area contributed by atoms with Gasteiger partial charge in [0.2, 0.25) is 11.8 Å². The Morgan fingerprint density at radius 2 is 2.25 bits per heavy atom. The average Bonchev–Trinajstić information content (AvgIpc) is 2.45. The molecule has 0 saturated carbocycles. The third-order valence-electron chi connectivity index (χ3n) is 3.33. The first-order valence-electron chi connectivity index (χ1n) is 6.49.